The number of fused-ring (bicyclic) bond motifs is 1. The fourth-order valence-corrected chi connectivity index (χ4v) is 3.47. The van der Waals surface area contributed by atoms with Crippen molar-refractivity contribution in [3.05, 3.63) is 70.4 Å². The zero-order valence-electron chi connectivity index (χ0n) is 12.3. The van der Waals surface area contributed by atoms with E-state index in [-0.39, 0.29) is 11.5 Å². The molecule has 1 aliphatic rings. The summed E-state index contributed by atoms with van der Waals surface area (Å²) in [5.41, 5.74) is 1.44. The van der Waals surface area contributed by atoms with Gasteiger partial charge in [-0.15, -0.1) is 0 Å². The average Bonchev–Trinajstić information content (AvgIpc) is 3.02. The van der Waals surface area contributed by atoms with Gasteiger partial charge >= 0.3 is 0 Å². The van der Waals surface area contributed by atoms with Crippen LogP contribution >= 0.6 is 11.6 Å². The lowest BCUT2D eigenvalue weighted by Gasteiger charge is -2.45. The summed E-state index contributed by atoms with van der Waals surface area (Å²) in [4.78, 5) is 27.8. The van der Waals surface area contributed by atoms with E-state index in [1.165, 1.54) is 12.1 Å². The molecule has 0 bridgehead atoms. The molecule has 2 heterocycles. The molecule has 0 amide bonds. The molecule has 2 atom stereocenters. The molecule has 1 aromatic heterocycles. The van der Waals surface area contributed by atoms with Crippen LogP contribution in [-0.4, -0.2) is 21.2 Å². The Bertz CT molecular complexity index is 968. The Labute approximate surface area is 141 Å². The third-order valence-electron chi connectivity index (χ3n) is 4.28. The number of carbonyl (C=O) groups excluding carboxylic acids is 1. The van der Waals surface area contributed by atoms with Gasteiger partial charge in [-0.3, -0.25) is 14.9 Å². The average molecular weight is 342 g/mol. The Morgan fingerprint density at radius 1 is 1.17 bits per heavy atom. The molecule has 0 unspecified atom stereocenters. The van der Waals surface area contributed by atoms with Crippen molar-refractivity contribution in [1.29, 1.82) is 0 Å². The molecule has 0 spiro atoms. The Hall–Kier alpha value is -2.86. The molecule has 1 N–H and O–H groups in total. The topological polar surface area (TPSA) is 79.2 Å². The van der Waals surface area contributed by atoms with Crippen LogP contribution in [0.4, 0.5) is 11.4 Å². The largest absolute Gasteiger partial charge is 0.361 e. The quantitative estimate of drug-likeness (QED) is 0.340. The van der Waals surface area contributed by atoms with Crippen molar-refractivity contribution in [3.8, 4) is 0 Å². The van der Waals surface area contributed by atoms with Crippen LogP contribution in [-0.2, 0) is 4.79 Å². The number of Topliss-reactive ketones (excluding diaryl/α,β-unsaturated/α-hetero) is 1. The van der Waals surface area contributed by atoms with Gasteiger partial charge in [0.05, 0.1) is 4.92 Å². The molecule has 1 saturated heterocycles. The number of H-pyrrole nitrogens is 1. The van der Waals surface area contributed by atoms with Crippen molar-refractivity contribution in [1.82, 2.24) is 4.98 Å². The van der Waals surface area contributed by atoms with Crippen LogP contribution in [0.3, 0.4) is 0 Å². The van der Waals surface area contributed by atoms with Gasteiger partial charge in [0.15, 0.2) is 11.3 Å². The molecule has 120 valence electrons. The van der Waals surface area contributed by atoms with E-state index in [4.69, 9.17) is 11.6 Å². The number of halogens is 1. The summed E-state index contributed by atoms with van der Waals surface area (Å²) in [7, 11) is 0. The predicted molar refractivity (Wildman–Crippen MR) is 91.3 cm³/mol. The second kappa shape index (κ2) is 5.35. The van der Waals surface area contributed by atoms with E-state index in [9.17, 15) is 14.9 Å². The molecular weight excluding hydrogens is 330 g/mol. The van der Waals surface area contributed by atoms with E-state index in [1.807, 2.05) is 24.3 Å². The van der Waals surface area contributed by atoms with Crippen LogP contribution in [0.15, 0.2) is 54.7 Å². The van der Waals surface area contributed by atoms with Gasteiger partial charge in [0, 0.05) is 40.5 Å². The van der Waals surface area contributed by atoms with Crippen LogP contribution in [0.1, 0.15) is 11.6 Å². The van der Waals surface area contributed by atoms with E-state index in [0.29, 0.717) is 5.69 Å². The normalized spacial score (nSPS) is 20.2. The minimum Gasteiger partial charge on any atom is -0.361 e. The van der Waals surface area contributed by atoms with Crippen LogP contribution in [0.5, 0.6) is 0 Å². The lowest BCUT2D eigenvalue weighted by Crippen LogP contribution is -2.56. The fraction of sp³-hybridized carbons (Fsp3) is 0.118. The van der Waals surface area contributed by atoms with Crippen LogP contribution < -0.4 is 4.90 Å². The first kappa shape index (κ1) is 14.7. The van der Waals surface area contributed by atoms with Crippen molar-refractivity contribution in [2.75, 3.05) is 4.90 Å². The van der Waals surface area contributed by atoms with E-state index in [0.717, 1.165) is 16.5 Å². The molecule has 6 nitrogen and oxygen atoms in total. The molecule has 4 rings (SSSR count). The molecule has 1 aliphatic heterocycles. The third-order valence-corrected chi connectivity index (χ3v) is 4.71. The Balaban J connectivity index is 1.79. The van der Waals surface area contributed by atoms with Crippen molar-refractivity contribution in [2.24, 2.45) is 0 Å². The van der Waals surface area contributed by atoms with Crippen molar-refractivity contribution >= 4 is 39.7 Å². The maximum atomic E-state index is 12.4. The number of alkyl halides is 1. The number of aromatic amines is 1. The molecule has 2 aromatic carbocycles. The van der Waals surface area contributed by atoms with Gasteiger partial charge in [-0.1, -0.05) is 35.9 Å². The van der Waals surface area contributed by atoms with E-state index < -0.39 is 16.5 Å². The monoisotopic (exact) mass is 341 g/mol. The Kier molecular flexibility index (Phi) is 3.28. The summed E-state index contributed by atoms with van der Waals surface area (Å²) in [5.74, 6) is -0.118. The number of carbonyl (C=O) groups is 1. The first-order chi connectivity index (χ1) is 11.6. The minimum absolute atomic E-state index is 0.0339. The number of anilines is 1. The number of hydrogen-bond acceptors (Lipinski definition) is 4. The molecular formula is C17H12ClN3O3. The van der Waals surface area contributed by atoms with Gasteiger partial charge in [-0.2, -0.15) is 0 Å². The number of hydrogen-bond donors (Lipinski definition) is 1. The molecule has 24 heavy (non-hydrogen) atoms. The molecule has 0 radical (unpaired) electrons. The lowest BCUT2D eigenvalue weighted by molar-refractivity contribution is -0.384. The fourth-order valence-electron chi connectivity index (χ4n) is 3.12. The highest BCUT2D eigenvalue weighted by atomic mass is 35.5. The zero-order chi connectivity index (χ0) is 16.8. The number of rotatable bonds is 3. The second-order valence-electron chi connectivity index (χ2n) is 5.61. The first-order valence-corrected chi connectivity index (χ1v) is 7.78. The Morgan fingerprint density at radius 3 is 2.75 bits per heavy atom. The number of benzene rings is 2. The SMILES string of the molecule is O=C1[C@@H](Cl)N(c2cccc([N+](=O)[O-])c2)[C@@H]1c1c[nH]c2ccccc12. The molecule has 3 aromatic rings. The second-order valence-corrected chi connectivity index (χ2v) is 6.03. The van der Waals surface area contributed by atoms with Gasteiger partial charge in [-0.05, 0) is 12.1 Å². The standard InChI is InChI=1S/C17H12ClN3O3/c18-17-16(22)15(13-9-19-14-7-2-1-6-12(13)14)20(17)10-4-3-5-11(8-10)21(23)24/h1-9,15,17,19H/t15-,17+/m1/s1. The molecule has 7 heteroatoms. The summed E-state index contributed by atoms with van der Waals surface area (Å²) in [6, 6.07) is 13.3. The maximum Gasteiger partial charge on any atom is 0.271 e. The van der Waals surface area contributed by atoms with Crippen LogP contribution in [0.25, 0.3) is 10.9 Å². The minimum atomic E-state index is -0.828. The number of non-ortho nitro benzene ring substituents is 1. The number of aromatic nitrogens is 1. The van der Waals surface area contributed by atoms with Gasteiger partial charge in [-0.25, -0.2) is 0 Å². The number of nitro groups is 1. The summed E-state index contributed by atoms with van der Waals surface area (Å²) in [6.45, 7) is 0. The van der Waals surface area contributed by atoms with E-state index in [1.54, 1.807) is 23.2 Å². The highest BCUT2D eigenvalue weighted by Crippen LogP contribution is 2.44. The van der Waals surface area contributed by atoms with E-state index >= 15 is 0 Å². The summed E-state index contributed by atoms with van der Waals surface area (Å²) < 4.78 is 0. The van der Waals surface area contributed by atoms with Gasteiger partial charge in [0.1, 0.15) is 6.04 Å². The first-order valence-electron chi connectivity index (χ1n) is 7.34. The van der Waals surface area contributed by atoms with Crippen LogP contribution in [0, 0.1) is 10.1 Å². The number of nitro benzene ring substituents is 1. The number of nitrogens with zero attached hydrogens (tertiary/aromatic N) is 2. The predicted octanol–water partition coefficient (Wildman–Crippen LogP) is 3.77. The summed E-state index contributed by atoms with van der Waals surface area (Å²) in [5, 5.41) is 11.9. The van der Waals surface area contributed by atoms with Crippen LogP contribution in [0.2, 0.25) is 0 Å². The highest BCUT2D eigenvalue weighted by molar-refractivity contribution is 6.37. The molecule has 0 saturated carbocycles. The van der Waals surface area contributed by atoms with Gasteiger partial charge < -0.3 is 9.88 Å². The number of para-hydroxylation sites is 1. The summed E-state index contributed by atoms with van der Waals surface area (Å²) >= 11 is 6.19. The van der Waals surface area contributed by atoms with Crippen molar-refractivity contribution in [3.63, 3.8) is 0 Å². The number of nitrogens with one attached hydrogen (secondary N) is 1. The highest BCUT2D eigenvalue weighted by Gasteiger charge is 2.48. The van der Waals surface area contributed by atoms with E-state index in [2.05, 4.69) is 4.98 Å². The number of ketones is 1. The molecule has 0 aliphatic carbocycles. The third kappa shape index (κ3) is 2.07. The lowest BCUT2D eigenvalue weighted by atomic mass is 9.91. The van der Waals surface area contributed by atoms with Gasteiger partial charge in [0.2, 0.25) is 0 Å². The maximum absolute atomic E-state index is 12.4. The van der Waals surface area contributed by atoms with Gasteiger partial charge in [0.25, 0.3) is 5.69 Å². The van der Waals surface area contributed by atoms with Crippen molar-refractivity contribution in [2.45, 2.75) is 11.5 Å². The smallest absolute Gasteiger partial charge is 0.271 e. The zero-order valence-corrected chi connectivity index (χ0v) is 13.1. The Morgan fingerprint density at radius 2 is 1.96 bits per heavy atom. The van der Waals surface area contributed by atoms with Crippen molar-refractivity contribution < 1.29 is 9.72 Å². The molecule has 1 fully saturated rings. The summed E-state index contributed by atoms with van der Waals surface area (Å²) in [6.07, 6.45) is 1.79.